The second-order valence-corrected chi connectivity index (χ2v) is 6.87. The van der Waals surface area contributed by atoms with Gasteiger partial charge in [-0.05, 0) is 34.4 Å². The standard InChI is InChI=1S/C28H18O2/c1-2-20-19-25(22-11-7-4-8-12-22)17-18-26(20)28(30)27(29)24-15-13-23(14-16-24)21-9-5-3-6-10-21/h1,3-19H. The minimum atomic E-state index is -0.602. The molecule has 4 aromatic carbocycles. The van der Waals surface area contributed by atoms with Crippen molar-refractivity contribution in [1.82, 2.24) is 0 Å². The minimum absolute atomic E-state index is 0.245. The molecule has 142 valence electrons. The Morgan fingerprint density at radius 2 is 1.07 bits per heavy atom. The van der Waals surface area contributed by atoms with Gasteiger partial charge < -0.3 is 0 Å². The van der Waals surface area contributed by atoms with E-state index in [2.05, 4.69) is 5.92 Å². The summed E-state index contributed by atoms with van der Waals surface area (Å²) in [6.07, 6.45) is 5.64. The zero-order chi connectivity index (χ0) is 20.9. The van der Waals surface area contributed by atoms with E-state index in [-0.39, 0.29) is 5.56 Å². The van der Waals surface area contributed by atoms with Crippen LogP contribution in [0.15, 0.2) is 103 Å². The van der Waals surface area contributed by atoms with Gasteiger partial charge in [0.15, 0.2) is 0 Å². The summed E-state index contributed by atoms with van der Waals surface area (Å²) in [7, 11) is 0. The van der Waals surface area contributed by atoms with Crippen LogP contribution < -0.4 is 0 Å². The number of carbonyl (C=O) groups excluding carboxylic acids is 2. The molecule has 0 saturated heterocycles. The van der Waals surface area contributed by atoms with Gasteiger partial charge in [0.1, 0.15) is 0 Å². The molecule has 4 aromatic rings. The van der Waals surface area contributed by atoms with Crippen LogP contribution in [0.5, 0.6) is 0 Å². The summed E-state index contributed by atoms with van der Waals surface area (Å²) in [5.41, 5.74) is 4.93. The molecule has 0 radical (unpaired) electrons. The van der Waals surface area contributed by atoms with Crippen LogP contribution in [0.25, 0.3) is 22.3 Å². The van der Waals surface area contributed by atoms with Gasteiger partial charge in [-0.15, -0.1) is 6.42 Å². The summed E-state index contributed by atoms with van der Waals surface area (Å²) < 4.78 is 0. The third-order valence-electron chi connectivity index (χ3n) is 4.99. The highest BCUT2D eigenvalue weighted by molar-refractivity contribution is 6.49. The van der Waals surface area contributed by atoms with E-state index in [1.807, 2.05) is 78.9 Å². The normalized spacial score (nSPS) is 10.2. The molecule has 2 nitrogen and oxygen atoms in total. The van der Waals surface area contributed by atoms with Crippen molar-refractivity contribution >= 4 is 11.6 Å². The summed E-state index contributed by atoms with van der Waals surface area (Å²) in [6.45, 7) is 0. The Hall–Kier alpha value is -4.22. The third-order valence-corrected chi connectivity index (χ3v) is 4.99. The molecular weight excluding hydrogens is 368 g/mol. The fourth-order valence-corrected chi connectivity index (χ4v) is 3.37. The van der Waals surface area contributed by atoms with E-state index in [1.54, 1.807) is 24.3 Å². The highest BCUT2D eigenvalue weighted by atomic mass is 16.2. The molecule has 0 amide bonds. The summed E-state index contributed by atoms with van der Waals surface area (Å²) in [5, 5.41) is 0. The Kier molecular flexibility index (Phi) is 5.37. The molecule has 0 aliphatic heterocycles. The zero-order valence-corrected chi connectivity index (χ0v) is 16.2. The first kappa shape index (κ1) is 19.1. The molecule has 0 saturated carbocycles. The van der Waals surface area contributed by atoms with E-state index in [1.165, 1.54) is 0 Å². The van der Waals surface area contributed by atoms with Crippen molar-refractivity contribution in [2.24, 2.45) is 0 Å². The van der Waals surface area contributed by atoms with Gasteiger partial charge in [-0.3, -0.25) is 9.59 Å². The Morgan fingerprint density at radius 3 is 1.63 bits per heavy atom. The molecule has 0 spiro atoms. The molecule has 0 N–H and O–H groups in total. The Labute approximate surface area is 175 Å². The number of rotatable bonds is 5. The molecule has 0 aliphatic rings. The largest absolute Gasteiger partial charge is 0.285 e. The molecule has 2 heteroatoms. The highest BCUT2D eigenvalue weighted by Gasteiger charge is 2.21. The first-order chi connectivity index (χ1) is 14.7. The van der Waals surface area contributed by atoms with Crippen molar-refractivity contribution in [1.29, 1.82) is 0 Å². The number of hydrogen-bond donors (Lipinski definition) is 0. The predicted octanol–water partition coefficient (Wildman–Crippen LogP) is 6.07. The van der Waals surface area contributed by atoms with Gasteiger partial charge in [-0.1, -0.05) is 96.9 Å². The van der Waals surface area contributed by atoms with Gasteiger partial charge in [0, 0.05) is 16.7 Å². The van der Waals surface area contributed by atoms with Crippen molar-refractivity contribution in [2.75, 3.05) is 0 Å². The maximum atomic E-state index is 12.9. The number of ketones is 2. The predicted molar refractivity (Wildman–Crippen MR) is 120 cm³/mol. The molecule has 0 aliphatic carbocycles. The fraction of sp³-hybridized carbons (Fsp3) is 0. The lowest BCUT2D eigenvalue weighted by Crippen LogP contribution is -2.16. The molecule has 0 atom stereocenters. The van der Waals surface area contributed by atoms with Crippen LogP contribution in [-0.4, -0.2) is 11.6 Å². The van der Waals surface area contributed by atoms with Gasteiger partial charge in [-0.25, -0.2) is 0 Å². The second-order valence-electron chi connectivity index (χ2n) is 6.87. The lowest BCUT2D eigenvalue weighted by Gasteiger charge is -2.08. The van der Waals surface area contributed by atoms with E-state index >= 15 is 0 Å². The van der Waals surface area contributed by atoms with Crippen molar-refractivity contribution in [3.8, 4) is 34.6 Å². The maximum absolute atomic E-state index is 12.9. The van der Waals surface area contributed by atoms with Gasteiger partial charge in [0.25, 0.3) is 0 Å². The van der Waals surface area contributed by atoms with Crippen molar-refractivity contribution in [2.45, 2.75) is 0 Å². The zero-order valence-electron chi connectivity index (χ0n) is 16.2. The summed E-state index contributed by atoms with van der Waals surface area (Å²) in [6, 6.07) is 31.9. The Morgan fingerprint density at radius 1 is 0.567 bits per heavy atom. The molecule has 0 aromatic heterocycles. The third kappa shape index (κ3) is 3.83. The SMILES string of the molecule is C#Cc1cc(-c2ccccc2)ccc1C(=O)C(=O)c1ccc(-c2ccccc2)cc1. The monoisotopic (exact) mass is 386 g/mol. The van der Waals surface area contributed by atoms with E-state index in [4.69, 9.17) is 6.42 Å². The second kappa shape index (κ2) is 8.43. The van der Waals surface area contributed by atoms with Crippen LogP contribution in [-0.2, 0) is 0 Å². The molecule has 0 bridgehead atoms. The molecular formula is C28H18O2. The molecule has 0 unspecified atom stereocenters. The number of terminal acetylenes is 1. The summed E-state index contributed by atoms with van der Waals surface area (Å²) in [5.74, 6) is 1.38. The Balaban J connectivity index is 1.61. The topological polar surface area (TPSA) is 34.1 Å². The quantitative estimate of drug-likeness (QED) is 0.237. The van der Waals surface area contributed by atoms with Crippen LogP contribution >= 0.6 is 0 Å². The first-order valence-corrected chi connectivity index (χ1v) is 9.58. The van der Waals surface area contributed by atoms with Gasteiger partial charge in [0.2, 0.25) is 11.6 Å². The maximum Gasteiger partial charge on any atom is 0.234 e. The van der Waals surface area contributed by atoms with E-state index in [0.717, 1.165) is 22.3 Å². The van der Waals surface area contributed by atoms with Crippen molar-refractivity contribution in [3.05, 3.63) is 120 Å². The molecule has 4 rings (SSSR count). The lowest BCUT2D eigenvalue weighted by atomic mass is 9.93. The highest BCUT2D eigenvalue weighted by Crippen LogP contribution is 2.24. The van der Waals surface area contributed by atoms with Crippen LogP contribution in [0.3, 0.4) is 0 Å². The molecule has 0 fully saturated rings. The smallest absolute Gasteiger partial charge is 0.234 e. The molecule has 30 heavy (non-hydrogen) atoms. The molecule has 0 heterocycles. The van der Waals surface area contributed by atoms with Crippen molar-refractivity contribution in [3.63, 3.8) is 0 Å². The van der Waals surface area contributed by atoms with Crippen LogP contribution in [0.2, 0.25) is 0 Å². The minimum Gasteiger partial charge on any atom is -0.285 e. The fourth-order valence-electron chi connectivity index (χ4n) is 3.37. The lowest BCUT2D eigenvalue weighted by molar-refractivity contribution is 0.0817. The Bertz CT molecular complexity index is 1250. The average molecular weight is 386 g/mol. The number of carbonyl (C=O) groups is 2. The number of benzene rings is 4. The number of hydrogen-bond acceptors (Lipinski definition) is 2. The summed E-state index contributed by atoms with van der Waals surface area (Å²) >= 11 is 0. The van der Waals surface area contributed by atoms with E-state index in [9.17, 15) is 9.59 Å². The first-order valence-electron chi connectivity index (χ1n) is 9.58. The summed E-state index contributed by atoms with van der Waals surface area (Å²) in [4.78, 5) is 25.7. The van der Waals surface area contributed by atoms with E-state index < -0.39 is 11.6 Å². The van der Waals surface area contributed by atoms with Crippen LogP contribution in [0.1, 0.15) is 26.3 Å². The van der Waals surface area contributed by atoms with Gasteiger partial charge >= 0.3 is 0 Å². The van der Waals surface area contributed by atoms with E-state index in [0.29, 0.717) is 11.1 Å². The number of Topliss-reactive ketones (excluding diaryl/α,β-unsaturated/α-hetero) is 2. The van der Waals surface area contributed by atoms with Gasteiger partial charge in [0.05, 0.1) is 0 Å². The average Bonchev–Trinajstić information content (AvgIpc) is 2.84. The van der Waals surface area contributed by atoms with Crippen LogP contribution in [0, 0.1) is 12.3 Å². The van der Waals surface area contributed by atoms with Gasteiger partial charge in [-0.2, -0.15) is 0 Å². The van der Waals surface area contributed by atoms with Crippen LogP contribution in [0.4, 0.5) is 0 Å². The van der Waals surface area contributed by atoms with Crippen molar-refractivity contribution < 1.29 is 9.59 Å².